The number of piperazine rings is 1. The summed E-state index contributed by atoms with van der Waals surface area (Å²) in [4.78, 5) is 16.1. The van der Waals surface area contributed by atoms with E-state index in [9.17, 15) is 9.90 Å². The quantitative estimate of drug-likeness (QED) is 0.769. The van der Waals surface area contributed by atoms with Crippen LogP contribution in [0.4, 0.5) is 5.69 Å². The first-order valence-corrected chi connectivity index (χ1v) is 6.56. The van der Waals surface area contributed by atoms with Crippen LogP contribution in [0, 0.1) is 0 Å². The number of aliphatic hydroxyl groups excluding tert-OH is 2. The summed E-state index contributed by atoms with van der Waals surface area (Å²) >= 11 is 0. The molecule has 1 aliphatic heterocycles. The van der Waals surface area contributed by atoms with E-state index in [0.717, 1.165) is 31.9 Å². The summed E-state index contributed by atoms with van der Waals surface area (Å²) in [5, 5.41) is 18.2. The van der Waals surface area contributed by atoms with Crippen molar-refractivity contribution < 1.29 is 10.2 Å². The Morgan fingerprint density at radius 3 is 2.47 bits per heavy atom. The summed E-state index contributed by atoms with van der Waals surface area (Å²) in [6.07, 6.45) is -0.684. The number of rotatable bonds is 4. The maximum absolute atomic E-state index is 11.9. The summed E-state index contributed by atoms with van der Waals surface area (Å²) in [5.74, 6) is 0. The van der Waals surface area contributed by atoms with Gasteiger partial charge in [-0.3, -0.25) is 9.69 Å². The van der Waals surface area contributed by atoms with Crippen molar-refractivity contribution in [1.82, 2.24) is 4.90 Å². The van der Waals surface area contributed by atoms with Crippen molar-refractivity contribution in [3.63, 3.8) is 0 Å². The van der Waals surface area contributed by atoms with Crippen molar-refractivity contribution in [2.24, 2.45) is 0 Å². The average molecular weight is 264 g/mol. The van der Waals surface area contributed by atoms with Gasteiger partial charge in [0.05, 0.1) is 18.4 Å². The zero-order chi connectivity index (χ0) is 13.7. The van der Waals surface area contributed by atoms with Gasteiger partial charge >= 0.3 is 0 Å². The monoisotopic (exact) mass is 264 g/mol. The second kappa shape index (κ2) is 6.65. The Kier molecular flexibility index (Phi) is 4.90. The summed E-state index contributed by atoms with van der Waals surface area (Å²) in [5.41, 5.74) is 0.765. The molecule has 0 unspecified atom stereocenters. The highest BCUT2D eigenvalue weighted by Gasteiger charge is 2.19. The average Bonchev–Trinajstić information content (AvgIpc) is 2.64. The number of aliphatic hydroxyl groups is 2. The number of hydrogen-bond acceptors (Lipinski definition) is 5. The maximum atomic E-state index is 11.9. The molecule has 1 saturated heterocycles. The first-order chi connectivity index (χ1) is 9.20. The molecule has 0 aromatic heterocycles. The first kappa shape index (κ1) is 14.0. The zero-order valence-electron chi connectivity index (χ0n) is 10.9. The van der Waals surface area contributed by atoms with Crippen molar-refractivity contribution in [2.45, 2.75) is 6.10 Å². The van der Waals surface area contributed by atoms with Gasteiger partial charge in [-0.1, -0.05) is 18.2 Å². The second-order valence-corrected chi connectivity index (χ2v) is 4.78. The lowest BCUT2D eigenvalue weighted by Gasteiger charge is -2.36. The molecular formula is C14H20N2O3. The van der Waals surface area contributed by atoms with Crippen LogP contribution in [0.5, 0.6) is 0 Å². The van der Waals surface area contributed by atoms with Gasteiger partial charge in [-0.15, -0.1) is 0 Å². The predicted octanol–water partition coefficient (Wildman–Crippen LogP) is -0.478. The van der Waals surface area contributed by atoms with Gasteiger partial charge in [0.25, 0.3) is 0 Å². The van der Waals surface area contributed by atoms with E-state index in [0.29, 0.717) is 6.54 Å². The summed E-state index contributed by atoms with van der Waals surface area (Å²) in [6, 6.07) is 8.90. The molecule has 0 spiro atoms. The van der Waals surface area contributed by atoms with E-state index in [2.05, 4.69) is 9.80 Å². The molecule has 104 valence electrons. The summed E-state index contributed by atoms with van der Waals surface area (Å²) < 4.78 is 0. The van der Waals surface area contributed by atoms with E-state index < -0.39 is 6.10 Å². The van der Waals surface area contributed by atoms with E-state index in [1.165, 1.54) is 0 Å². The molecule has 1 aliphatic rings. The van der Waals surface area contributed by atoms with Gasteiger partial charge in [-0.25, -0.2) is 0 Å². The fourth-order valence-corrected chi connectivity index (χ4v) is 2.31. The third-order valence-corrected chi connectivity index (χ3v) is 3.37. The van der Waals surface area contributed by atoms with Crippen LogP contribution in [0.25, 0.3) is 0 Å². The first-order valence-electron chi connectivity index (χ1n) is 6.56. The van der Waals surface area contributed by atoms with Gasteiger partial charge in [0.1, 0.15) is 0 Å². The maximum Gasteiger partial charge on any atom is 0.201 e. The van der Waals surface area contributed by atoms with Crippen LogP contribution < -0.4 is 10.3 Å². The molecular weight excluding hydrogens is 244 g/mol. The molecule has 1 fully saturated rings. The minimum atomic E-state index is -0.684. The van der Waals surface area contributed by atoms with Crippen LogP contribution in [0.1, 0.15) is 0 Å². The fourth-order valence-electron chi connectivity index (χ4n) is 2.31. The fraction of sp³-hybridized carbons (Fsp3) is 0.500. The molecule has 5 heteroatoms. The standard InChI is InChI=1S/C14H20N2O3/c17-11-12(18)10-15-6-8-16(9-7-15)13-4-2-1-3-5-14(13)19/h1-5,12,17-18H,6-11H2/t12-/m0/s1. The van der Waals surface area contributed by atoms with Crippen LogP contribution in [0.2, 0.25) is 0 Å². The molecule has 2 rings (SSSR count). The lowest BCUT2D eigenvalue weighted by atomic mass is 10.2. The third-order valence-electron chi connectivity index (χ3n) is 3.37. The van der Waals surface area contributed by atoms with Gasteiger partial charge in [0, 0.05) is 32.7 Å². The Balaban J connectivity index is 1.97. The molecule has 5 nitrogen and oxygen atoms in total. The molecule has 0 amide bonds. The van der Waals surface area contributed by atoms with E-state index in [4.69, 9.17) is 5.11 Å². The minimum absolute atomic E-state index is 0.0360. The van der Waals surface area contributed by atoms with Gasteiger partial charge in [-0.2, -0.15) is 0 Å². The van der Waals surface area contributed by atoms with E-state index in [1.54, 1.807) is 12.1 Å². The number of β-amino-alcohol motifs (C(OH)–C–C–N with tert-alkyl or cyclic N) is 1. The molecule has 0 bridgehead atoms. The number of hydrogen-bond donors (Lipinski definition) is 2. The molecule has 0 saturated carbocycles. The highest BCUT2D eigenvalue weighted by atomic mass is 16.3. The van der Waals surface area contributed by atoms with Crippen molar-refractivity contribution in [3.05, 3.63) is 40.6 Å². The summed E-state index contributed by atoms with van der Waals surface area (Å²) in [7, 11) is 0. The zero-order valence-corrected chi connectivity index (χ0v) is 10.9. The van der Waals surface area contributed by atoms with Crippen LogP contribution in [-0.2, 0) is 0 Å². The molecule has 1 atom stereocenters. The van der Waals surface area contributed by atoms with Crippen molar-refractivity contribution in [3.8, 4) is 0 Å². The molecule has 1 heterocycles. The van der Waals surface area contributed by atoms with E-state index >= 15 is 0 Å². The lowest BCUT2D eigenvalue weighted by molar-refractivity contribution is 0.0575. The Morgan fingerprint density at radius 2 is 1.79 bits per heavy atom. The normalized spacial score (nSPS) is 18.3. The molecule has 19 heavy (non-hydrogen) atoms. The Labute approximate surface area is 112 Å². The van der Waals surface area contributed by atoms with Crippen LogP contribution in [0.15, 0.2) is 35.1 Å². The van der Waals surface area contributed by atoms with Crippen molar-refractivity contribution >= 4 is 5.69 Å². The van der Waals surface area contributed by atoms with Gasteiger partial charge < -0.3 is 15.1 Å². The van der Waals surface area contributed by atoms with Gasteiger partial charge in [-0.05, 0) is 12.1 Å². The number of anilines is 1. The largest absolute Gasteiger partial charge is 0.394 e. The number of nitrogens with zero attached hydrogens (tertiary/aromatic N) is 2. The predicted molar refractivity (Wildman–Crippen MR) is 74.5 cm³/mol. The third kappa shape index (κ3) is 3.76. The second-order valence-electron chi connectivity index (χ2n) is 4.78. The Bertz CT molecular complexity index is 458. The van der Waals surface area contributed by atoms with Crippen LogP contribution >= 0.6 is 0 Å². The minimum Gasteiger partial charge on any atom is -0.394 e. The van der Waals surface area contributed by atoms with Crippen LogP contribution in [-0.4, -0.2) is 60.5 Å². The van der Waals surface area contributed by atoms with E-state index in [1.807, 2.05) is 18.2 Å². The topological polar surface area (TPSA) is 64.0 Å². The van der Waals surface area contributed by atoms with Gasteiger partial charge in [0.15, 0.2) is 0 Å². The smallest absolute Gasteiger partial charge is 0.201 e. The highest BCUT2D eigenvalue weighted by molar-refractivity contribution is 5.45. The summed E-state index contributed by atoms with van der Waals surface area (Å²) in [6.45, 7) is 3.37. The molecule has 0 aliphatic carbocycles. The van der Waals surface area contributed by atoms with Crippen molar-refractivity contribution in [2.75, 3.05) is 44.2 Å². The molecule has 1 aromatic rings. The van der Waals surface area contributed by atoms with Crippen LogP contribution in [0.3, 0.4) is 0 Å². The molecule has 2 N–H and O–H groups in total. The Hall–Kier alpha value is -1.43. The molecule has 0 radical (unpaired) electrons. The highest BCUT2D eigenvalue weighted by Crippen LogP contribution is 2.11. The lowest BCUT2D eigenvalue weighted by Crippen LogP contribution is -2.49. The van der Waals surface area contributed by atoms with E-state index in [-0.39, 0.29) is 12.0 Å². The SMILES string of the molecule is O=c1cccccc1N1CCN(C[C@H](O)CO)CC1. The Morgan fingerprint density at radius 1 is 1.11 bits per heavy atom. The van der Waals surface area contributed by atoms with Crippen molar-refractivity contribution in [1.29, 1.82) is 0 Å². The molecule has 1 aromatic carbocycles. The van der Waals surface area contributed by atoms with Gasteiger partial charge in [0.2, 0.25) is 5.43 Å².